The summed E-state index contributed by atoms with van der Waals surface area (Å²) >= 11 is 0. The van der Waals surface area contributed by atoms with Crippen molar-refractivity contribution in [2.45, 2.75) is 6.10 Å². The van der Waals surface area contributed by atoms with Crippen LogP contribution in [0.2, 0.25) is 0 Å². The van der Waals surface area contributed by atoms with Crippen molar-refractivity contribution >= 4 is 16.8 Å². The highest BCUT2D eigenvalue weighted by molar-refractivity contribution is 5.94. The number of hydrogen-bond donors (Lipinski definition) is 1. The van der Waals surface area contributed by atoms with Gasteiger partial charge in [-0.1, -0.05) is 30.3 Å². The van der Waals surface area contributed by atoms with Crippen LogP contribution in [-0.4, -0.2) is 52.3 Å². The number of aromatic nitrogens is 3. The molecule has 150 valence electrons. The molecular weight excluding hydrogens is 380 g/mol. The number of nitrogens with zero attached hydrogens (tertiary/aromatic N) is 3. The first-order chi connectivity index (χ1) is 14.7. The molecule has 2 aromatic heterocycles. The largest absolute Gasteiger partial charge is 0.497 e. The summed E-state index contributed by atoms with van der Waals surface area (Å²) in [6.07, 6.45) is -0.0663. The van der Waals surface area contributed by atoms with Crippen LogP contribution in [0.15, 0.2) is 66.7 Å². The molecule has 1 aliphatic rings. The van der Waals surface area contributed by atoms with Crippen LogP contribution in [0.3, 0.4) is 0 Å². The van der Waals surface area contributed by atoms with E-state index in [9.17, 15) is 4.79 Å². The van der Waals surface area contributed by atoms with Crippen molar-refractivity contribution in [3.05, 3.63) is 72.4 Å². The molecule has 0 radical (unpaired) electrons. The third-order valence-electron chi connectivity index (χ3n) is 5.17. The lowest BCUT2D eigenvalue weighted by atomic mass is 10.1. The van der Waals surface area contributed by atoms with E-state index in [-0.39, 0.29) is 12.0 Å². The third-order valence-corrected chi connectivity index (χ3v) is 5.17. The topological polar surface area (TPSA) is 80.3 Å². The first-order valence-corrected chi connectivity index (χ1v) is 9.71. The minimum Gasteiger partial charge on any atom is -0.497 e. The molecule has 0 unspecified atom stereocenters. The Labute approximate surface area is 173 Å². The number of pyridine rings is 1. The van der Waals surface area contributed by atoms with Gasteiger partial charge in [-0.25, -0.2) is 4.98 Å². The van der Waals surface area contributed by atoms with E-state index < -0.39 is 0 Å². The Morgan fingerprint density at radius 1 is 1.07 bits per heavy atom. The van der Waals surface area contributed by atoms with Crippen LogP contribution < -0.4 is 9.47 Å². The summed E-state index contributed by atoms with van der Waals surface area (Å²) in [5, 5.41) is 8.18. The van der Waals surface area contributed by atoms with Gasteiger partial charge in [-0.15, -0.1) is 0 Å². The van der Waals surface area contributed by atoms with Gasteiger partial charge in [-0.05, 0) is 30.3 Å². The number of aromatic amines is 1. The van der Waals surface area contributed by atoms with Crippen LogP contribution in [0.5, 0.6) is 11.6 Å². The first kappa shape index (κ1) is 18.2. The van der Waals surface area contributed by atoms with Gasteiger partial charge in [0.05, 0.1) is 31.4 Å². The lowest BCUT2D eigenvalue weighted by Crippen LogP contribution is -2.56. The second kappa shape index (κ2) is 7.51. The molecule has 0 aliphatic carbocycles. The molecule has 1 fully saturated rings. The molecular formula is C23H20N4O3. The van der Waals surface area contributed by atoms with E-state index >= 15 is 0 Å². The molecule has 0 saturated carbocycles. The van der Waals surface area contributed by atoms with E-state index in [2.05, 4.69) is 15.2 Å². The summed E-state index contributed by atoms with van der Waals surface area (Å²) in [4.78, 5) is 19.0. The van der Waals surface area contributed by atoms with Crippen molar-refractivity contribution in [1.29, 1.82) is 0 Å². The van der Waals surface area contributed by atoms with E-state index in [1.54, 1.807) is 18.1 Å². The number of methoxy groups -OCH3 is 1. The minimum atomic E-state index is -0.0945. The fourth-order valence-electron chi connectivity index (χ4n) is 3.49. The molecule has 2 aromatic carbocycles. The number of rotatable bonds is 5. The smallest absolute Gasteiger partial charge is 0.272 e. The van der Waals surface area contributed by atoms with Crippen molar-refractivity contribution in [2.24, 2.45) is 0 Å². The van der Waals surface area contributed by atoms with Gasteiger partial charge >= 0.3 is 0 Å². The summed E-state index contributed by atoms with van der Waals surface area (Å²) in [5.41, 5.74) is 2.93. The average Bonchev–Trinajstić information content (AvgIpc) is 3.26. The molecule has 30 heavy (non-hydrogen) atoms. The second-order valence-electron chi connectivity index (χ2n) is 7.19. The van der Waals surface area contributed by atoms with E-state index in [0.717, 1.165) is 22.2 Å². The number of carbonyl (C=O) groups excluding carboxylic acids is 1. The maximum Gasteiger partial charge on any atom is 0.272 e. The quantitative estimate of drug-likeness (QED) is 0.554. The molecule has 5 rings (SSSR count). The highest BCUT2D eigenvalue weighted by Gasteiger charge is 2.34. The molecule has 0 spiro atoms. The number of nitrogens with one attached hydrogen (secondary N) is 1. The normalized spacial score (nSPS) is 13.8. The maximum atomic E-state index is 12.7. The summed E-state index contributed by atoms with van der Waals surface area (Å²) in [6.45, 7) is 1.03. The molecule has 7 heteroatoms. The summed E-state index contributed by atoms with van der Waals surface area (Å²) in [7, 11) is 1.62. The van der Waals surface area contributed by atoms with Gasteiger partial charge in [0.2, 0.25) is 5.88 Å². The summed E-state index contributed by atoms with van der Waals surface area (Å²) in [6, 6.07) is 21.1. The Morgan fingerprint density at radius 3 is 2.80 bits per heavy atom. The number of H-pyrrole nitrogens is 1. The molecule has 1 saturated heterocycles. The standard InChI is InChI=1S/C23H20N4O3/c1-29-17-7-4-6-16(11-17)20-12-21(26-25-20)23(28)27-13-18(14-27)30-22-10-9-15-5-2-3-8-19(15)24-22/h2-12,18H,13-14H2,1H3,(H,25,26). The number of likely N-dealkylation sites (tertiary alicyclic amines) is 1. The molecule has 1 aliphatic heterocycles. The van der Waals surface area contributed by atoms with Gasteiger partial charge in [0.25, 0.3) is 5.91 Å². The predicted molar refractivity (Wildman–Crippen MR) is 113 cm³/mol. The molecule has 4 aromatic rings. The number of ether oxygens (including phenoxy) is 2. The number of benzene rings is 2. The zero-order chi connectivity index (χ0) is 20.5. The van der Waals surface area contributed by atoms with Crippen LogP contribution >= 0.6 is 0 Å². The van der Waals surface area contributed by atoms with E-state index in [0.29, 0.717) is 30.4 Å². The molecule has 3 heterocycles. The van der Waals surface area contributed by atoms with Crippen LogP contribution in [0.4, 0.5) is 0 Å². The number of amides is 1. The maximum absolute atomic E-state index is 12.7. The van der Waals surface area contributed by atoms with Crippen LogP contribution in [0.25, 0.3) is 22.2 Å². The molecule has 0 bridgehead atoms. The first-order valence-electron chi connectivity index (χ1n) is 9.71. The highest BCUT2D eigenvalue weighted by atomic mass is 16.5. The molecule has 1 amide bonds. The van der Waals surface area contributed by atoms with E-state index in [1.165, 1.54) is 0 Å². The zero-order valence-corrected chi connectivity index (χ0v) is 16.4. The number of carbonyl (C=O) groups is 1. The van der Waals surface area contributed by atoms with Gasteiger partial charge in [0.1, 0.15) is 17.5 Å². The number of para-hydroxylation sites is 1. The minimum absolute atomic E-state index is 0.0663. The van der Waals surface area contributed by atoms with Gasteiger partial charge in [0.15, 0.2) is 0 Å². The van der Waals surface area contributed by atoms with Crippen LogP contribution in [0, 0.1) is 0 Å². The van der Waals surface area contributed by atoms with Gasteiger partial charge in [0, 0.05) is 17.0 Å². The Morgan fingerprint density at radius 2 is 1.93 bits per heavy atom. The second-order valence-corrected chi connectivity index (χ2v) is 7.19. The van der Waals surface area contributed by atoms with Gasteiger partial charge in [-0.2, -0.15) is 5.10 Å². The fraction of sp³-hybridized carbons (Fsp3) is 0.174. The van der Waals surface area contributed by atoms with Gasteiger partial charge in [-0.3, -0.25) is 9.89 Å². The Hall–Kier alpha value is -3.87. The van der Waals surface area contributed by atoms with Crippen molar-refractivity contribution in [1.82, 2.24) is 20.1 Å². The van der Waals surface area contributed by atoms with Crippen LogP contribution in [0.1, 0.15) is 10.5 Å². The average molecular weight is 400 g/mol. The van der Waals surface area contributed by atoms with Crippen molar-refractivity contribution in [3.8, 4) is 22.9 Å². The summed E-state index contributed by atoms with van der Waals surface area (Å²) < 4.78 is 11.2. The Balaban J connectivity index is 1.22. The third kappa shape index (κ3) is 3.45. The molecule has 1 N–H and O–H groups in total. The number of hydrogen-bond acceptors (Lipinski definition) is 5. The van der Waals surface area contributed by atoms with E-state index in [4.69, 9.17) is 9.47 Å². The van der Waals surface area contributed by atoms with Crippen LogP contribution in [-0.2, 0) is 0 Å². The lowest BCUT2D eigenvalue weighted by Gasteiger charge is -2.38. The molecule has 0 atom stereocenters. The number of fused-ring (bicyclic) bond motifs is 1. The van der Waals surface area contributed by atoms with Gasteiger partial charge < -0.3 is 14.4 Å². The molecule has 7 nitrogen and oxygen atoms in total. The lowest BCUT2D eigenvalue weighted by molar-refractivity contribution is 0.0157. The SMILES string of the molecule is COc1cccc(-c2cc(C(=O)N3CC(Oc4ccc5ccccc5n4)C3)[nH]n2)c1. The van der Waals surface area contributed by atoms with Crippen molar-refractivity contribution in [2.75, 3.05) is 20.2 Å². The Bertz CT molecular complexity index is 1210. The zero-order valence-electron chi connectivity index (χ0n) is 16.4. The summed E-state index contributed by atoms with van der Waals surface area (Å²) in [5.74, 6) is 1.23. The van der Waals surface area contributed by atoms with E-state index in [1.807, 2.05) is 60.7 Å². The van der Waals surface area contributed by atoms with Crippen molar-refractivity contribution in [3.63, 3.8) is 0 Å². The monoisotopic (exact) mass is 400 g/mol. The predicted octanol–water partition coefficient (Wildman–Crippen LogP) is 3.54. The van der Waals surface area contributed by atoms with Crippen molar-refractivity contribution < 1.29 is 14.3 Å². The Kier molecular flexibility index (Phi) is 4.55. The highest BCUT2D eigenvalue weighted by Crippen LogP contribution is 2.24. The fourth-order valence-corrected chi connectivity index (χ4v) is 3.49.